The third-order valence-electron chi connectivity index (χ3n) is 4.66. The molecule has 130 valence electrons. The lowest BCUT2D eigenvalue weighted by molar-refractivity contribution is -0.132. The summed E-state index contributed by atoms with van der Waals surface area (Å²) in [5.74, 6) is 0.189. The van der Waals surface area contributed by atoms with E-state index in [4.69, 9.17) is 0 Å². The molecular formula is C19H27N3O2. The highest BCUT2D eigenvalue weighted by atomic mass is 16.3. The summed E-state index contributed by atoms with van der Waals surface area (Å²) < 4.78 is 2.08. The molecule has 1 saturated heterocycles. The molecule has 1 N–H and O–H groups in total. The van der Waals surface area contributed by atoms with Crippen LogP contribution in [0.25, 0.3) is 10.9 Å². The summed E-state index contributed by atoms with van der Waals surface area (Å²) in [6.07, 6.45) is 2.51. The summed E-state index contributed by atoms with van der Waals surface area (Å²) in [5, 5.41) is 11.1. The maximum absolute atomic E-state index is 12.7. The monoisotopic (exact) mass is 329 g/mol. The Morgan fingerprint density at radius 3 is 2.50 bits per heavy atom. The Bertz CT molecular complexity index is 722. The predicted octanol–water partition coefficient (Wildman–Crippen LogP) is 1.64. The van der Waals surface area contributed by atoms with Gasteiger partial charge in [0.1, 0.15) is 0 Å². The third kappa shape index (κ3) is 3.79. The van der Waals surface area contributed by atoms with Gasteiger partial charge in [0.15, 0.2) is 0 Å². The molecule has 1 aliphatic heterocycles. The number of aromatic nitrogens is 1. The standard InChI is InChI=1S/C19H27N3O2/c1-19(2,24)14-21-8-10-22(11-9-21)18(23)12-15-13-20(3)17-7-5-4-6-16(15)17/h4-7,13,24H,8-12,14H2,1-3H3. The number of aliphatic hydroxyl groups is 1. The summed E-state index contributed by atoms with van der Waals surface area (Å²) in [6, 6.07) is 8.21. The zero-order chi connectivity index (χ0) is 17.3. The summed E-state index contributed by atoms with van der Waals surface area (Å²) in [4.78, 5) is 16.8. The van der Waals surface area contributed by atoms with Crippen molar-refractivity contribution in [3.05, 3.63) is 36.0 Å². The minimum Gasteiger partial charge on any atom is -0.389 e. The van der Waals surface area contributed by atoms with Crippen LogP contribution >= 0.6 is 0 Å². The number of para-hydroxylation sites is 1. The number of carbonyl (C=O) groups excluding carboxylic acids is 1. The topological polar surface area (TPSA) is 48.7 Å². The average molecular weight is 329 g/mol. The maximum atomic E-state index is 12.7. The number of rotatable bonds is 4. The van der Waals surface area contributed by atoms with Gasteiger partial charge in [-0.25, -0.2) is 0 Å². The summed E-state index contributed by atoms with van der Waals surface area (Å²) in [7, 11) is 2.02. The van der Waals surface area contributed by atoms with Crippen molar-refractivity contribution in [2.75, 3.05) is 32.7 Å². The van der Waals surface area contributed by atoms with E-state index in [9.17, 15) is 9.90 Å². The fourth-order valence-corrected chi connectivity index (χ4v) is 3.54. The van der Waals surface area contributed by atoms with Crippen molar-refractivity contribution < 1.29 is 9.90 Å². The molecule has 5 nitrogen and oxygen atoms in total. The van der Waals surface area contributed by atoms with E-state index in [0.717, 1.165) is 42.6 Å². The van der Waals surface area contributed by atoms with Gasteiger partial charge in [0.05, 0.1) is 12.0 Å². The van der Waals surface area contributed by atoms with E-state index in [0.29, 0.717) is 13.0 Å². The lowest BCUT2D eigenvalue weighted by atomic mass is 10.1. The molecule has 0 unspecified atom stereocenters. The van der Waals surface area contributed by atoms with Crippen molar-refractivity contribution in [1.82, 2.24) is 14.4 Å². The van der Waals surface area contributed by atoms with E-state index in [1.54, 1.807) is 0 Å². The van der Waals surface area contributed by atoms with Crippen LogP contribution in [-0.2, 0) is 18.3 Å². The van der Waals surface area contributed by atoms with Crippen LogP contribution in [0.3, 0.4) is 0 Å². The Balaban J connectivity index is 1.62. The molecule has 3 rings (SSSR count). The van der Waals surface area contributed by atoms with Crippen LogP contribution in [-0.4, -0.2) is 63.7 Å². The van der Waals surface area contributed by atoms with Gasteiger partial charge in [-0.15, -0.1) is 0 Å². The number of amides is 1. The highest BCUT2D eigenvalue weighted by molar-refractivity contribution is 5.89. The Kier molecular flexibility index (Phi) is 4.65. The SMILES string of the molecule is Cn1cc(CC(=O)N2CCN(CC(C)(C)O)CC2)c2ccccc21. The first-order valence-electron chi connectivity index (χ1n) is 8.59. The first kappa shape index (κ1) is 17.0. The number of nitrogens with zero attached hydrogens (tertiary/aromatic N) is 3. The number of carbonyl (C=O) groups is 1. The summed E-state index contributed by atoms with van der Waals surface area (Å²) in [6.45, 7) is 7.42. The second-order valence-corrected chi connectivity index (χ2v) is 7.43. The van der Waals surface area contributed by atoms with E-state index in [2.05, 4.69) is 27.8 Å². The Morgan fingerprint density at radius 1 is 1.17 bits per heavy atom. The second kappa shape index (κ2) is 6.57. The highest BCUT2D eigenvalue weighted by Gasteiger charge is 2.25. The van der Waals surface area contributed by atoms with Crippen LogP contribution in [0.15, 0.2) is 30.5 Å². The third-order valence-corrected chi connectivity index (χ3v) is 4.66. The molecule has 1 aliphatic rings. The van der Waals surface area contributed by atoms with Crippen LogP contribution in [0, 0.1) is 0 Å². The van der Waals surface area contributed by atoms with Crippen molar-refractivity contribution in [3.63, 3.8) is 0 Å². The van der Waals surface area contributed by atoms with Crippen molar-refractivity contribution in [2.24, 2.45) is 7.05 Å². The quantitative estimate of drug-likeness (QED) is 0.928. The molecule has 0 bridgehead atoms. The molecule has 1 aromatic carbocycles. The first-order valence-corrected chi connectivity index (χ1v) is 8.59. The van der Waals surface area contributed by atoms with Gasteiger partial charge in [0, 0.05) is 56.9 Å². The maximum Gasteiger partial charge on any atom is 0.227 e. The van der Waals surface area contributed by atoms with Gasteiger partial charge in [-0.05, 0) is 25.5 Å². The zero-order valence-corrected chi connectivity index (χ0v) is 14.8. The van der Waals surface area contributed by atoms with E-state index in [-0.39, 0.29) is 5.91 Å². The molecule has 0 atom stereocenters. The molecule has 2 aromatic rings. The van der Waals surface area contributed by atoms with Gasteiger partial charge >= 0.3 is 0 Å². The second-order valence-electron chi connectivity index (χ2n) is 7.43. The largest absolute Gasteiger partial charge is 0.389 e. The summed E-state index contributed by atoms with van der Waals surface area (Å²) >= 11 is 0. The fraction of sp³-hybridized carbons (Fsp3) is 0.526. The Labute approximate surface area is 143 Å². The molecule has 0 saturated carbocycles. The number of fused-ring (bicyclic) bond motifs is 1. The normalized spacial score (nSPS) is 16.8. The van der Waals surface area contributed by atoms with Crippen LogP contribution in [0.1, 0.15) is 19.4 Å². The molecule has 2 heterocycles. The smallest absolute Gasteiger partial charge is 0.227 e. The molecule has 24 heavy (non-hydrogen) atoms. The van der Waals surface area contributed by atoms with Gasteiger partial charge in [-0.1, -0.05) is 18.2 Å². The van der Waals surface area contributed by atoms with Crippen LogP contribution < -0.4 is 0 Å². The van der Waals surface area contributed by atoms with Gasteiger partial charge in [-0.3, -0.25) is 9.69 Å². The predicted molar refractivity (Wildman–Crippen MR) is 95.9 cm³/mol. The molecule has 1 aromatic heterocycles. The number of aryl methyl sites for hydroxylation is 1. The number of β-amino-alcohol motifs (C(OH)–C–C–N with tert-alkyl or cyclic N) is 1. The van der Waals surface area contributed by atoms with Crippen LogP contribution in [0.4, 0.5) is 0 Å². The molecule has 5 heteroatoms. The molecule has 0 aliphatic carbocycles. The van der Waals surface area contributed by atoms with Gasteiger partial charge in [0.25, 0.3) is 0 Å². The highest BCUT2D eigenvalue weighted by Crippen LogP contribution is 2.21. The van der Waals surface area contributed by atoms with Crippen molar-refractivity contribution in [1.29, 1.82) is 0 Å². The van der Waals surface area contributed by atoms with E-state index in [1.807, 2.05) is 37.9 Å². The lowest BCUT2D eigenvalue weighted by Crippen LogP contribution is -2.52. The lowest BCUT2D eigenvalue weighted by Gasteiger charge is -2.37. The molecule has 0 radical (unpaired) electrons. The number of piperazine rings is 1. The van der Waals surface area contributed by atoms with Gasteiger partial charge in [-0.2, -0.15) is 0 Å². The average Bonchev–Trinajstić information content (AvgIpc) is 2.83. The first-order chi connectivity index (χ1) is 11.3. The molecule has 1 fully saturated rings. The number of hydrogen-bond donors (Lipinski definition) is 1. The van der Waals surface area contributed by atoms with Crippen molar-refractivity contribution in [3.8, 4) is 0 Å². The van der Waals surface area contributed by atoms with Crippen LogP contribution in [0.5, 0.6) is 0 Å². The minimum atomic E-state index is -0.685. The Morgan fingerprint density at radius 2 is 1.83 bits per heavy atom. The van der Waals surface area contributed by atoms with E-state index >= 15 is 0 Å². The molecule has 0 spiro atoms. The number of benzene rings is 1. The number of hydrogen-bond acceptors (Lipinski definition) is 3. The molecule has 1 amide bonds. The summed E-state index contributed by atoms with van der Waals surface area (Å²) in [5.41, 5.74) is 1.57. The fourth-order valence-electron chi connectivity index (χ4n) is 3.54. The zero-order valence-electron chi connectivity index (χ0n) is 14.8. The van der Waals surface area contributed by atoms with Crippen LogP contribution in [0.2, 0.25) is 0 Å². The van der Waals surface area contributed by atoms with Gasteiger partial charge in [0.2, 0.25) is 5.91 Å². The van der Waals surface area contributed by atoms with Gasteiger partial charge < -0.3 is 14.6 Å². The van der Waals surface area contributed by atoms with E-state index in [1.165, 1.54) is 0 Å². The molecular weight excluding hydrogens is 302 g/mol. The Hall–Kier alpha value is -1.85. The van der Waals surface area contributed by atoms with Crippen molar-refractivity contribution >= 4 is 16.8 Å². The minimum absolute atomic E-state index is 0.189. The van der Waals surface area contributed by atoms with E-state index < -0.39 is 5.60 Å². The van der Waals surface area contributed by atoms with Crippen molar-refractivity contribution in [2.45, 2.75) is 25.9 Å².